The van der Waals surface area contributed by atoms with E-state index in [-0.39, 0.29) is 5.54 Å². The van der Waals surface area contributed by atoms with Gasteiger partial charge in [0.15, 0.2) is 0 Å². The molecule has 3 nitrogen and oxygen atoms in total. The minimum atomic E-state index is -0.252. The Hall–Kier alpha value is -2.13. The summed E-state index contributed by atoms with van der Waals surface area (Å²) in [7, 11) is 0. The maximum Gasteiger partial charge on any atom is 0.207 e. The number of carbonyl (C=O) groups excluding carboxylic acids is 1. The maximum absolute atomic E-state index is 11.1. The minimum absolute atomic E-state index is 0.252. The van der Waals surface area contributed by atoms with Gasteiger partial charge in [0.05, 0.1) is 5.54 Å². The van der Waals surface area contributed by atoms with Crippen molar-refractivity contribution in [3.63, 3.8) is 0 Å². The quantitative estimate of drug-likeness (QED) is 0.854. The number of rotatable bonds is 5. The van der Waals surface area contributed by atoms with Gasteiger partial charge >= 0.3 is 0 Å². The van der Waals surface area contributed by atoms with Crippen LogP contribution >= 0.6 is 0 Å². The van der Waals surface area contributed by atoms with Crippen molar-refractivity contribution in [2.45, 2.75) is 18.5 Å². The zero-order chi connectivity index (χ0) is 14.5. The van der Waals surface area contributed by atoms with E-state index < -0.39 is 0 Å². The second-order valence-corrected chi connectivity index (χ2v) is 5.66. The fourth-order valence-electron chi connectivity index (χ4n) is 3.17. The van der Waals surface area contributed by atoms with Crippen LogP contribution in [0.4, 0.5) is 0 Å². The number of nitrogens with one attached hydrogen (secondary N) is 1. The van der Waals surface area contributed by atoms with Crippen molar-refractivity contribution in [2.75, 3.05) is 13.1 Å². The van der Waals surface area contributed by atoms with Crippen LogP contribution in [0, 0.1) is 0 Å². The van der Waals surface area contributed by atoms with Crippen LogP contribution in [0.5, 0.6) is 0 Å². The highest BCUT2D eigenvalue weighted by atomic mass is 16.1. The summed E-state index contributed by atoms with van der Waals surface area (Å²) in [5.74, 6) is 0. The summed E-state index contributed by atoms with van der Waals surface area (Å²) in [5.41, 5.74) is 2.25. The van der Waals surface area contributed by atoms with E-state index >= 15 is 0 Å². The normalized spacial score (nSPS) is 22.1. The van der Waals surface area contributed by atoms with E-state index in [0.717, 1.165) is 32.5 Å². The Bertz CT molecular complexity index is 585. The number of hydrogen-bond acceptors (Lipinski definition) is 2. The SMILES string of the molecule is O=CNC1(c2ccccc2)CCN(Cc2ccccc2)C1. The van der Waals surface area contributed by atoms with E-state index in [9.17, 15) is 4.79 Å². The lowest BCUT2D eigenvalue weighted by Crippen LogP contribution is -2.44. The maximum atomic E-state index is 11.1. The van der Waals surface area contributed by atoms with E-state index in [1.807, 2.05) is 24.3 Å². The van der Waals surface area contributed by atoms with Crippen LogP contribution in [0.3, 0.4) is 0 Å². The van der Waals surface area contributed by atoms with Crippen LogP contribution in [0.25, 0.3) is 0 Å². The van der Waals surface area contributed by atoms with Crippen molar-refractivity contribution in [1.82, 2.24) is 10.2 Å². The zero-order valence-corrected chi connectivity index (χ0v) is 12.0. The Morgan fingerprint density at radius 2 is 1.71 bits per heavy atom. The second kappa shape index (κ2) is 6.10. The number of benzene rings is 2. The number of hydrogen-bond donors (Lipinski definition) is 1. The molecule has 1 saturated heterocycles. The molecule has 1 aliphatic rings. The van der Waals surface area contributed by atoms with E-state index in [0.29, 0.717) is 0 Å². The number of amides is 1. The number of nitrogens with zero attached hydrogens (tertiary/aromatic N) is 1. The molecule has 2 aromatic rings. The number of likely N-dealkylation sites (tertiary alicyclic amines) is 1. The second-order valence-electron chi connectivity index (χ2n) is 5.66. The highest BCUT2D eigenvalue weighted by molar-refractivity contribution is 5.50. The van der Waals surface area contributed by atoms with E-state index in [1.165, 1.54) is 11.1 Å². The van der Waals surface area contributed by atoms with Crippen LogP contribution in [0.2, 0.25) is 0 Å². The van der Waals surface area contributed by atoms with Gasteiger partial charge < -0.3 is 5.32 Å². The van der Waals surface area contributed by atoms with Gasteiger partial charge in [-0.25, -0.2) is 0 Å². The van der Waals surface area contributed by atoms with Crippen LogP contribution in [-0.4, -0.2) is 24.4 Å². The summed E-state index contributed by atoms with van der Waals surface area (Å²) in [6.45, 7) is 2.77. The van der Waals surface area contributed by atoms with Gasteiger partial charge in [-0.05, 0) is 17.5 Å². The third-order valence-corrected chi connectivity index (χ3v) is 4.26. The molecule has 1 unspecified atom stereocenters. The molecule has 0 aliphatic carbocycles. The molecule has 0 aromatic heterocycles. The molecule has 0 bridgehead atoms. The average molecular weight is 280 g/mol. The minimum Gasteiger partial charge on any atom is -0.348 e. The van der Waals surface area contributed by atoms with Gasteiger partial charge in [0, 0.05) is 19.6 Å². The van der Waals surface area contributed by atoms with Crippen molar-refractivity contribution in [2.24, 2.45) is 0 Å². The zero-order valence-electron chi connectivity index (χ0n) is 12.0. The first-order valence-electron chi connectivity index (χ1n) is 7.36. The molecule has 2 aromatic carbocycles. The molecular weight excluding hydrogens is 260 g/mol. The highest BCUT2D eigenvalue weighted by Gasteiger charge is 2.39. The van der Waals surface area contributed by atoms with Crippen molar-refractivity contribution in [1.29, 1.82) is 0 Å². The molecule has 1 heterocycles. The Labute approximate surface area is 125 Å². The van der Waals surface area contributed by atoms with Crippen molar-refractivity contribution in [3.05, 3.63) is 71.8 Å². The van der Waals surface area contributed by atoms with Crippen LogP contribution in [-0.2, 0) is 16.9 Å². The summed E-state index contributed by atoms with van der Waals surface area (Å²) < 4.78 is 0. The third-order valence-electron chi connectivity index (χ3n) is 4.26. The molecule has 1 aliphatic heterocycles. The van der Waals surface area contributed by atoms with Crippen molar-refractivity contribution in [3.8, 4) is 0 Å². The van der Waals surface area contributed by atoms with E-state index in [2.05, 4.69) is 46.6 Å². The molecule has 3 heteroatoms. The first-order valence-corrected chi connectivity index (χ1v) is 7.36. The molecule has 108 valence electrons. The molecule has 0 spiro atoms. The summed E-state index contributed by atoms with van der Waals surface area (Å²) in [6, 6.07) is 20.7. The van der Waals surface area contributed by atoms with E-state index in [4.69, 9.17) is 0 Å². The highest BCUT2D eigenvalue weighted by Crippen LogP contribution is 2.32. The Balaban J connectivity index is 1.77. The fraction of sp³-hybridized carbons (Fsp3) is 0.278. The van der Waals surface area contributed by atoms with Gasteiger partial charge in [-0.2, -0.15) is 0 Å². The molecule has 1 amide bonds. The fourth-order valence-corrected chi connectivity index (χ4v) is 3.17. The molecule has 1 fully saturated rings. The van der Waals surface area contributed by atoms with Crippen LogP contribution in [0.1, 0.15) is 17.5 Å². The van der Waals surface area contributed by atoms with Gasteiger partial charge in [0.1, 0.15) is 0 Å². The molecule has 21 heavy (non-hydrogen) atoms. The lowest BCUT2D eigenvalue weighted by Gasteiger charge is -2.29. The largest absolute Gasteiger partial charge is 0.348 e. The summed E-state index contributed by atoms with van der Waals surface area (Å²) in [5, 5.41) is 3.07. The van der Waals surface area contributed by atoms with Gasteiger partial charge in [0.2, 0.25) is 6.41 Å². The molecule has 1 atom stereocenters. The average Bonchev–Trinajstić information content (AvgIpc) is 2.94. The molecular formula is C18H20N2O. The van der Waals surface area contributed by atoms with Crippen LogP contribution in [0.15, 0.2) is 60.7 Å². The first kappa shape index (κ1) is 13.8. The van der Waals surface area contributed by atoms with Crippen molar-refractivity contribution < 1.29 is 4.79 Å². The predicted molar refractivity (Wildman–Crippen MR) is 83.7 cm³/mol. The topological polar surface area (TPSA) is 32.3 Å². The molecule has 1 N–H and O–H groups in total. The third kappa shape index (κ3) is 2.98. The Kier molecular flexibility index (Phi) is 4.02. The van der Waals surface area contributed by atoms with Gasteiger partial charge in [-0.1, -0.05) is 60.7 Å². The monoisotopic (exact) mass is 280 g/mol. The summed E-state index contributed by atoms with van der Waals surface area (Å²) in [6.07, 6.45) is 1.78. The predicted octanol–water partition coefficient (Wildman–Crippen LogP) is 2.53. The molecule has 3 rings (SSSR count). The smallest absolute Gasteiger partial charge is 0.207 e. The standard InChI is InChI=1S/C18H20N2O/c21-15-19-18(17-9-5-2-6-10-17)11-12-20(14-18)13-16-7-3-1-4-8-16/h1-10,15H,11-14H2,(H,19,21). The van der Waals surface area contributed by atoms with Crippen molar-refractivity contribution >= 4 is 6.41 Å². The van der Waals surface area contributed by atoms with Crippen LogP contribution < -0.4 is 5.32 Å². The van der Waals surface area contributed by atoms with E-state index in [1.54, 1.807) is 0 Å². The Morgan fingerprint density at radius 3 is 2.38 bits per heavy atom. The summed E-state index contributed by atoms with van der Waals surface area (Å²) in [4.78, 5) is 13.5. The van der Waals surface area contributed by atoms with Gasteiger partial charge in [-0.3, -0.25) is 9.69 Å². The lowest BCUT2D eigenvalue weighted by molar-refractivity contribution is -0.111. The van der Waals surface area contributed by atoms with Gasteiger partial charge in [-0.15, -0.1) is 0 Å². The molecule has 0 saturated carbocycles. The Morgan fingerprint density at radius 1 is 1.05 bits per heavy atom. The lowest BCUT2D eigenvalue weighted by atomic mass is 9.89. The first-order chi connectivity index (χ1) is 10.3. The summed E-state index contributed by atoms with van der Waals surface area (Å²) >= 11 is 0. The van der Waals surface area contributed by atoms with Gasteiger partial charge in [0.25, 0.3) is 0 Å². The molecule has 0 radical (unpaired) electrons. The number of carbonyl (C=O) groups is 1.